The van der Waals surface area contributed by atoms with E-state index in [1.165, 1.54) is 62.6 Å². The van der Waals surface area contributed by atoms with Crippen LogP contribution in [0.25, 0.3) is 0 Å². The van der Waals surface area contributed by atoms with Crippen molar-refractivity contribution in [2.75, 3.05) is 6.54 Å². The zero-order chi connectivity index (χ0) is 14.6. The normalized spacial score (nSPS) is 12.6. The molecule has 0 bridgehead atoms. The van der Waals surface area contributed by atoms with Crippen LogP contribution in [-0.4, -0.2) is 11.5 Å². The van der Waals surface area contributed by atoms with E-state index in [2.05, 4.69) is 43.2 Å². The highest BCUT2D eigenvalue weighted by atomic mass is 14.9. The van der Waals surface area contributed by atoms with E-state index in [4.69, 9.17) is 0 Å². The van der Waals surface area contributed by atoms with E-state index in [1.807, 2.05) is 6.20 Å². The third kappa shape index (κ3) is 6.51. The smallest absolute Gasteiger partial charge is 0.0420 e. The summed E-state index contributed by atoms with van der Waals surface area (Å²) in [7, 11) is 0. The molecule has 2 heteroatoms. The van der Waals surface area contributed by atoms with Crippen LogP contribution in [0.2, 0.25) is 0 Å². The zero-order valence-electron chi connectivity index (χ0n) is 13.6. The Labute approximate surface area is 125 Å². The summed E-state index contributed by atoms with van der Waals surface area (Å²) in [4.78, 5) is 4.44. The summed E-state index contributed by atoms with van der Waals surface area (Å²) in [5.74, 6) is 0. The monoisotopic (exact) mass is 276 g/mol. The quantitative estimate of drug-likeness (QED) is 0.563. The summed E-state index contributed by atoms with van der Waals surface area (Å²) in [5.41, 5.74) is 2.56. The highest BCUT2D eigenvalue weighted by Crippen LogP contribution is 2.22. The third-order valence-electron chi connectivity index (χ3n) is 3.91. The fraction of sp³-hybridized carbons (Fsp3) is 0.722. The molecule has 0 radical (unpaired) electrons. The number of hydrogen-bond acceptors (Lipinski definition) is 2. The lowest BCUT2D eigenvalue weighted by Gasteiger charge is -2.20. The van der Waals surface area contributed by atoms with Gasteiger partial charge in [0.05, 0.1) is 0 Å². The van der Waals surface area contributed by atoms with Crippen LogP contribution in [0.4, 0.5) is 0 Å². The van der Waals surface area contributed by atoms with Crippen LogP contribution in [0.5, 0.6) is 0 Å². The van der Waals surface area contributed by atoms with Crippen LogP contribution in [0, 0.1) is 6.92 Å². The van der Waals surface area contributed by atoms with Crippen molar-refractivity contribution >= 4 is 0 Å². The highest BCUT2D eigenvalue weighted by molar-refractivity contribution is 5.22. The van der Waals surface area contributed by atoms with Crippen molar-refractivity contribution in [1.29, 1.82) is 0 Å². The highest BCUT2D eigenvalue weighted by Gasteiger charge is 2.12. The minimum Gasteiger partial charge on any atom is -0.310 e. The van der Waals surface area contributed by atoms with Gasteiger partial charge >= 0.3 is 0 Å². The predicted molar refractivity (Wildman–Crippen MR) is 88.0 cm³/mol. The average molecular weight is 276 g/mol. The molecule has 0 amide bonds. The lowest BCUT2D eigenvalue weighted by atomic mass is 9.98. The Hall–Kier alpha value is -0.890. The molecule has 0 aromatic carbocycles. The number of nitrogens with zero attached hydrogens (tertiary/aromatic N) is 1. The Balaban J connectivity index is 2.42. The molecule has 1 unspecified atom stereocenters. The first-order chi connectivity index (χ1) is 9.79. The van der Waals surface area contributed by atoms with Gasteiger partial charge in [-0.3, -0.25) is 4.98 Å². The summed E-state index contributed by atoms with van der Waals surface area (Å²) in [6.07, 6.45) is 12.5. The lowest BCUT2D eigenvalue weighted by Crippen LogP contribution is -2.23. The second kappa shape index (κ2) is 10.8. The number of pyridine rings is 1. The minimum atomic E-state index is 0.481. The van der Waals surface area contributed by atoms with Gasteiger partial charge in [0.25, 0.3) is 0 Å². The van der Waals surface area contributed by atoms with Crippen molar-refractivity contribution in [3.05, 3.63) is 29.6 Å². The van der Waals surface area contributed by atoms with Crippen molar-refractivity contribution in [3.8, 4) is 0 Å². The number of aromatic nitrogens is 1. The maximum Gasteiger partial charge on any atom is 0.0420 e. The van der Waals surface area contributed by atoms with E-state index in [1.54, 1.807) is 0 Å². The molecule has 114 valence electrons. The van der Waals surface area contributed by atoms with Gasteiger partial charge in [-0.05, 0) is 37.9 Å². The largest absolute Gasteiger partial charge is 0.310 e. The molecule has 0 aliphatic carbocycles. The van der Waals surface area contributed by atoms with Crippen molar-refractivity contribution in [1.82, 2.24) is 10.3 Å². The number of nitrogens with one attached hydrogen (secondary N) is 1. The van der Waals surface area contributed by atoms with Crippen LogP contribution in [-0.2, 0) is 0 Å². The number of unbranched alkanes of at least 4 members (excludes halogenated alkanes) is 5. The molecular formula is C18H32N2. The van der Waals surface area contributed by atoms with Gasteiger partial charge in [0.1, 0.15) is 0 Å². The van der Waals surface area contributed by atoms with Gasteiger partial charge in [0.15, 0.2) is 0 Å². The molecule has 0 saturated heterocycles. The standard InChI is InChI=1S/C18H32N2/c1-4-6-7-8-9-10-13-18(20-14-5-2)17-12-11-15-19-16(17)3/h11-12,15,18,20H,4-10,13-14H2,1-3H3. The first-order valence-electron chi connectivity index (χ1n) is 8.44. The van der Waals surface area contributed by atoms with Gasteiger partial charge in [-0.1, -0.05) is 58.4 Å². The Kier molecular flexibility index (Phi) is 9.31. The molecule has 1 heterocycles. The van der Waals surface area contributed by atoms with Gasteiger partial charge in [-0.25, -0.2) is 0 Å². The van der Waals surface area contributed by atoms with Crippen molar-refractivity contribution in [2.24, 2.45) is 0 Å². The molecule has 0 aliphatic heterocycles. The number of hydrogen-bond donors (Lipinski definition) is 1. The topological polar surface area (TPSA) is 24.9 Å². The molecule has 1 aromatic rings. The number of rotatable bonds is 11. The molecule has 0 fully saturated rings. The Morgan fingerprint density at radius 3 is 2.50 bits per heavy atom. The van der Waals surface area contributed by atoms with Gasteiger partial charge in [0, 0.05) is 17.9 Å². The van der Waals surface area contributed by atoms with E-state index in [9.17, 15) is 0 Å². The molecule has 0 spiro atoms. The molecule has 20 heavy (non-hydrogen) atoms. The van der Waals surface area contributed by atoms with Crippen LogP contribution in [0.3, 0.4) is 0 Å². The molecule has 1 aromatic heterocycles. The van der Waals surface area contributed by atoms with E-state index in [0.29, 0.717) is 6.04 Å². The Morgan fingerprint density at radius 1 is 1.05 bits per heavy atom. The maximum atomic E-state index is 4.44. The second-order valence-electron chi connectivity index (χ2n) is 5.74. The van der Waals surface area contributed by atoms with Gasteiger partial charge in [0.2, 0.25) is 0 Å². The average Bonchev–Trinajstić information content (AvgIpc) is 2.47. The van der Waals surface area contributed by atoms with Crippen LogP contribution in [0.1, 0.15) is 82.5 Å². The summed E-state index contributed by atoms with van der Waals surface area (Å²) in [6, 6.07) is 4.77. The van der Waals surface area contributed by atoms with Gasteiger partial charge in [-0.15, -0.1) is 0 Å². The van der Waals surface area contributed by atoms with Gasteiger partial charge in [-0.2, -0.15) is 0 Å². The summed E-state index contributed by atoms with van der Waals surface area (Å²) in [6.45, 7) is 7.72. The van der Waals surface area contributed by atoms with E-state index >= 15 is 0 Å². The molecule has 1 rings (SSSR count). The molecule has 0 aliphatic rings. The fourth-order valence-electron chi connectivity index (χ4n) is 2.68. The SMILES string of the molecule is CCCCCCCCC(NCCC)c1cccnc1C. The minimum absolute atomic E-state index is 0.481. The van der Waals surface area contributed by atoms with Crippen molar-refractivity contribution < 1.29 is 0 Å². The summed E-state index contributed by atoms with van der Waals surface area (Å²) in [5, 5.41) is 3.69. The van der Waals surface area contributed by atoms with E-state index in [-0.39, 0.29) is 0 Å². The molecular weight excluding hydrogens is 244 g/mol. The number of aryl methyl sites for hydroxylation is 1. The summed E-state index contributed by atoms with van der Waals surface area (Å²) < 4.78 is 0. The predicted octanol–water partition coefficient (Wildman–Crippen LogP) is 5.18. The third-order valence-corrected chi connectivity index (χ3v) is 3.91. The fourth-order valence-corrected chi connectivity index (χ4v) is 2.68. The van der Waals surface area contributed by atoms with Crippen molar-refractivity contribution in [2.45, 2.75) is 78.2 Å². The second-order valence-corrected chi connectivity index (χ2v) is 5.74. The summed E-state index contributed by atoms with van der Waals surface area (Å²) >= 11 is 0. The van der Waals surface area contributed by atoms with E-state index < -0.39 is 0 Å². The Morgan fingerprint density at radius 2 is 1.80 bits per heavy atom. The molecule has 1 N–H and O–H groups in total. The van der Waals surface area contributed by atoms with Crippen LogP contribution < -0.4 is 5.32 Å². The van der Waals surface area contributed by atoms with Crippen molar-refractivity contribution in [3.63, 3.8) is 0 Å². The maximum absolute atomic E-state index is 4.44. The van der Waals surface area contributed by atoms with E-state index in [0.717, 1.165) is 6.54 Å². The molecule has 0 saturated carbocycles. The van der Waals surface area contributed by atoms with Crippen LogP contribution >= 0.6 is 0 Å². The first kappa shape index (κ1) is 17.2. The Bertz CT molecular complexity index is 349. The lowest BCUT2D eigenvalue weighted by molar-refractivity contribution is 0.464. The van der Waals surface area contributed by atoms with Gasteiger partial charge < -0.3 is 5.32 Å². The molecule has 2 nitrogen and oxygen atoms in total. The van der Waals surface area contributed by atoms with Crippen LogP contribution in [0.15, 0.2) is 18.3 Å². The molecule has 1 atom stereocenters. The first-order valence-corrected chi connectivity index (χ1v) is 8.44. The zero-order valence-corrected chi connectivity index (χ0v) is 13.6.